The Hall–Kier alpha value is -1.95. The first-order valence-corrected chi connectivity index (χ1v) is 6.66. The standard InChI is InChI=1S/C14H18FN3O2/c1-3-12(20-4-2)13-16-17-14(19)18(13)9-10-6-5-7-11(15)8-10/h5-8,12H,3-4,9H2,1-2H3,(H,17,19). The number of aromatic nitrogens is 3. The number of hydrogen-bond acceptors (Lipinski definition) is 3. The fourth-order valence-electron chi connectivity index (χ4n) is 2.12. The molecule has 0 aliphatic heterocycles. The van der Waals surface area contributed by atoms with Crippen LogP contribution in [0.1, 0.15) is 37.8 Å². The van der Waals surface area contributed by atoms with Gasteiger partial charge in [-0.2, -0.15) is 5.10 Å². The van der Waals surface area contributed by atoms with Gasteiger partial charge in [-0.05, 0) is 31.0 Å². The second kappa shape index (κ2) is 6.47. The molecule has 1 N–H and O–H groups in total. The van der Waals surface area contributed by atoms with Gasteiger partial charge in [-0.15, -0.1) is 0 Å². The van der Waals surface area contributed by atoms with Gasteiger partial charge in [0, 0.05) is 6.61 Å². The van der Waals surface area contributed by atoms with Gasteiger partial charge < -0.3 is 4.74 Å². The second-order valence-electron chi connectivity index (χ2n) is 4.46. The van der Waals surface area contributed by atoms with Gasteiger partial charge in [0.05, 0.1) is 6.54 Å². The van der Waals surface area contributed by atoms with E-state index in [1.807, 2.05) is 13.8 Å². The number of nitrogens with zero attached hydrogens (tertiary/aromatic N) is 2. The highest BCUT2D eigenvalue weighted by Gasteiger charge is 2.18. The molecule has 1 aromatic heterocycles. The number of nitrogens with one attached hydrogen (secondary N) is 1. The highest BCUT2D eigenvalue weighted by Crippen LogP contribution is 2.18. The van der Waals surface area contributed by atoms with Crippen molar-refractivity contribution in [1.29, 1.82) is 0 Å². The molecule has 0 spiro atoms. The second-order valence-corrected chi connectivity index (χ2v) is 4.46. The largest absolute Gasteiger partial charge is 0.371 e. The van der Waals surface area contributed by atoms with Gasteiger partial charge in [0.2, 0.25) is 0 Å². The first kappa shape index (κ1) is 14.5. The van der Waals surface area contributed by atoms with Crippen LogP contribution in [0.3, 0.4) is 0 Å². The minimum absolute atomic E-state index is 0.243. The van der Waals surface area contributed by atoms with Crippen LogP contribution in [-0.4, -0.2) is 21.4 Å². The molecule has 2 aromatic rings. The highest BCUT2D eigenvalue weighted by atomic mass is 19.1. The average Bonchev–Trinajstić information content (AvgIpc) is 2.78. The molecular weight excluding hydrogens is 261 g/mol. The highest BCUT2D eigenvalue weighted by molar-refractivity contribution is 5.17. The molecule has 20 heavy (non-hydrogen) atoms. The predicted octanol–water partition coefficient (Wildman–Crippen LogP) is 2.25. The Labute approximate surface area is 116 Å². The quantitative estimate of drug-likeness (QED) is 0.882. The lowest BCUT2D eigenvalue weighted by Gasteiger charge is -2.15. The summed E-state index contributed by atoms with van der Waals surface area (Å²) in [5.74, 6) is 0.223. The van der Waals surface area contributed by atoms with E-state index in [2.05, 4.69) is 10.2 Å². The Morgan fingerprint density at radius 1 is 1.45 bits per heavy atom. The molecule has 1 unspecified atom stereocenters. The number of rotatable bonds is 6. The predicted molar refractivity (Wildman–Crippen MR) is 73.0 cm³/mol. The molecule has 5 nitrogen and oxygen atoms in total. The van der Waals surface area contributed by atoms with E-state index in [4.69, 9.17) is 4.74 Å². The van der Waals surface area contributed by atoms with Crippen LogP contribution in [0.15, 0.2) is 29.1 Å². The Morgan fingerprint density at radius 3 is 2.90 bits per heavy atom. The third-order valence-corrected chi connectivity index (χ3v) is 3.04. The maximum Gasteiger partial charge on any atom is 0.343 e. The number of benzene rings is 1. The fourth-order valence-corrected chi connectivity index (χ4v) is 2.12. The lowest BCUT2D eigenvalue weighted by atomic mass is 10.2. The maximum absolute atomic E-state index is 13.2. The van der Waals surface area contributed by atoms with Crippen molar-refractivity contribution in [3.05, 3.63) is 52.0 Å². The molecule has 0 saturated carbocycles. The van der Waals surface area contributed by atoms with Crippen molar-refractivity contribution in [2.45, 2.75) is 32.9 Å². The van der Waals surface area contributed by atoms with Gasteiger partial charge in [-0.1, -0.05) is 19.1 Å². The Morgan fingerprint density at radius 2 is 2.25 bits per heavy atom. The molecular formula is C14H18FN3O2. The third kappa shape index (κ3) is 3.14. The summed E-state index contributed by atoms with van der Waals surface area (Å²) in [4.78, 5) is 11.8. The van der Waals surface area contributed by atoms with Crippen molar-refractivity contribution < 1.29 is 9.13 Å². The molecule has 0 saturated heterocycles. The lowest BCUT2D eigenvalue weighted by Crippen LogP contribution is -2.22. The van der Waals surface area contributed by atoms with Crippen LogP contribution in [0.4, 0.5) is 4.39 Å². The Bertz CT molecular complexity index is 621. The molecule has 0 bridgehead atoms. The summed E-state index contributed by atoms with van der Waals surface area (Å²) in [6.07, 6.45) is 0.467. The molecule has 1 atom stereocenters. The zero-order valence-corrected chi connectivity index (χ0v) is 11.6. The first-order chi connectivity index (χ1) is 9.65. The van der Waals surface area contributed by atoms with E-state index < -0.39 is 0 Å². The van der Waals surface area contributed by atoms with Crippen LogP contribution < -0.4 is 5.69 Å². The van der Waals surface area contributed by atoms with Gasteiger partial charge in [0.15, 0.2) is 5.82 Å². The average molecular weight is 279 g/mol. The minimum Gasteiger partial charge on any atom is -0.371 e. The van der Waals surface area contributed by atoms with Crippen molar-refractivity contribution in [3.63, 3.8) is 0 Å². The van der Waals surface area contributed by atoms with Crippen molar-refractivity contribution in [1.82, 2.24) is 14.8 Å². The molecule has 0 aliphatic rings. The van der Waals surface area contributed by atoms with E-state index in [1.165, 1.54) is 16.7 Å². The van der Waals surface area contributed by atoms with Crippen LogP contribution in [0, 0.1) is 5.82 Å². The van der Waals surface area contributed by atoms with Crippen LogP contribution in [-0.2, 0) is 11.3 Å². The molecule has 108 valence electrons. The number of halogens is 1. The monoisotopic (exact) mass is 279 g/mol. The van der Waals surface area contributed by atoms with Gasteiger partial charge in [-0.3, -0.25) is 4.57 Å². The number of hydrogen-bond donors (Lipinski definition) is 1. The van der Waals surface area contributed by atoms with E-state index in [1.54, 1.807) is 12.1 Å². The van der Waals surface area contributed by atoms with E-state index in [9.17, 15) is 9.18 Å². The normalized spacial score (nSPS) is 12.6. The summed E-state index contributed by atoms with van der Waals surface area (Å²) in [6.45, 7) is 4.67. The van der Waals surface area contributed by atoms with Crippen molar-refractivity contribution in [2.75, 3.05) is 6.61 Å². The van der Waals surface area contributed by atoms with Crippen LogP contribution in [0.2, 0.25) is 0 Å². The Kier molecular flexibility index (Phi) is 4.68. The first-order valence-electron chi connectivity index (χ1n) is 6.66. The summed E-state index contributed by atoms with van der Waals surface area (Å²) in [7, 11) is 0. The number of ether oxygens (including phenoxy) is 1. The van der Waals surface area contributed by atoms with E-state index in [0.717, 1.165) is 0 Å². The maximum atomic E-state index is 13.2. The topological polar surface area (TPSA) is 59.9 Å². The molecule has 1 aromatic carbocycles. The molecule has 1 heterocycles. The summed E-state index contributed by atoms with van der Waals surface area (Å²) in [5.41, 5.74) is 0.392. The van der Waals surface area contributed by atoms with Crippen molar-refractivity contribution in [3.8, 4) is 0 Å². The lowest BCUT2D eigenvalue weighted by molar-refractivity contribution is 0.0508. The van der Waals surface area contributed by atoms with Gasteiger partial charge in [0.25, 0.3) is 0 Å². The molecule has 2 rings (SSSR count). The third-order valence-electron chi connectivity index (χ3n) is 3.04. The number of H-pyrrole nitrogens is 1. The summed E-state index contributed by atoms with van der Waals surface area (Å²) in [5, 5.41) is 6.46. The van der Waals surface area contributed by atoms with E-state index in [0.29, 0.717) is 24.4 Å². The smallest absolute Gasteiger partial charge is 0.343 e. The minimum atomic E-state index is -0.322. The summed E-state index contributed by atoms with van der Waals surface area (Å²) >= 11 is 0. The SMILES string of the molecule is CCOC(CC)c1n[nH]c(=O)n1Cc1cccc(F)c1. The molecule has 0 amide bonds. The molecule has 0 aliphatic carbocycles. The van der Waals surface area contributed by atoms with Crippen LogP contribution >= 0.6 is 0 Å². The fraction of sp³-hybridized carbons (Fsp3) is 0.429. The van der Waals surface area contributed by atoms with E-state index >= 15 is 0 Å². The van der Waals surface area contributed by atoms with E-state index in [-0.39, 0.29) is 24.2 Å². The summed E-state index contributed by atoms with van der Waals surface area (Å²) < 4.78 is 20.3. The van der Waals surface area contributed by atoms with Crippen LogP contribution in [0.5, 0.6) is 0 Å². The Balaban J connectivity index is 2.32. The van der Waals surface area contributed by atoms with Gasteiger partial charge >= 0.3 is 5.69 Å². The zero-order valence-electron chi connectivity index (χ0n) is 11.6. The summed E-state index contributed by atoms with van der Waals surface area (Å²) in [6, 6.07) is 6.17. The van der Waals surface area contributed by atoms with Gasteiger partial charge in [0.1, 0.15) is 11.9 Å². The van der Waals surface area contributed by atoms with Gasteiger partial charge in [-0.25, -0.2) is 14.3 Å². The van der Waals surface area contributed by atoms with Crippen molar-refractivity contribution in [2.24, 2.45) is 0 Å². The van der Waals surface area contributed by atoms with Crippen molar-refractivity contribution >= 4 is 0 Å². The molecule has 6 heteroatoms. The molecule has 0 fully saturated rings. The molecule has 0 radical (unpaired) electrons. The van der Waals surface area contributed by atoms with Crippen LogP contribution in [0.25, 0.3) is 0 Å². The zero-order chi connectivity index (χ0) is 14.5. The number of aromatic amines is 1.